The number of rotatable bonds is 7. The third-order valence-electron chi connectivity index (χ3n) is 2.73. The van der Waals surface area contributed by atoms with Crippen LogP contribution >= 0.6 is 0 Å². The Hall–Kier alpha value is -0.960. The van der Waals surface area contributed by atoms with Gasteiger partial charge in [-0.05, 0) is 30.5 Å². The van der Waals surface area contributed by atoms with Gasteiger partial charge < -0.3 is 5.32 Å². The van der Waals surface area contributed by atoms with Gasteiger partial charge in [-0.2, -0.15) is 10.2 Å². The van der Waals surface area contributed by atoms with E-state index in [1.807, 2.05) is 6.20 Å². The molecule has 0 aromatic carbocycles. The summed E-state index contributed by atoms with van der Waals surface area (Å²) in [6, 6.07) is 2.48. The second-order valence-electron chi connectivity index (χ2n) is 4.61. The number of hydrogen-bond acceptors (Lipinski definition) is 3. The van der Waals surface area contributed by atoms with E-state index in [4.69, 9.17) is 0 Å². The third-order valence-corrected chi connectivity index (χ3v) is 2.73. The Morgan fingerprint density at radius 2 is 2.06 bits per heavy atom. The van der Waals surface area contributed by atoms with Crippen LogP contribution in [0, 0.1) is 5.92 Å². The lowest BCUT2D eigenvalue weighted by Crippen LogP contribution is -2.21. The maximum atomic E-state index is 3.94. The largest absolute Gasteiger partial charge is 0.310 e. The molecule has 1 aromatic heterocycles. The van der Waals surface area contributed by atoms with Crippen LogP contribution in [0.3, 0.4) is 0 Å². The number of nitrogens with one attached hydrogen (secondary N) is 1. The normalized spacial score (nSPS) is 13.0. The quantitative estimate of drug-likeness (QED) is 0.769. The molecule has 0 saturated carbocycles. The third kappa shape index (κ3) is 4.71. The van der Waals surface area contributed by atoms with Crippen LogP contribution in [-0.4, -0.2) is 16.7 Å². The lowest BCUT2D eigenvalue weighted by Gasteiger charge is -2.18. The molecule has 0 aliphatic heterocycles. The van der Waals surface area contributed by atoms with Gasteiger partial charge in [-0.3, -0.25) is 0 Å². The van der Waals surface area contributed by atoms with E-state index in [9.17, 15) is 0 Å². The molecule has 1 atom stereocenters. The summed E-state index contributed by atoms with van der Waals surface area (Å²) >= 11 is 0. The monoisotopic (exact) mass is 221 g/mol. The Balaban J connectivity index is 2.48. The maximum Gasteiger partial charge on any atom is 0.0544 e. The molecule has 1 aromatic rings. The molecule has 0 fully saturated rings. The van der Waals surface area contributed by atoms with Crippen LogP contribution in [0.15, 0.2) is 18.5 Å². The van der Waals surface area contributed by atoms with Crippen molar-refractivity contribution in [2.24, 2.45) is 5.92 Å². The first kappa shape index (κ1) is 13.1. The first-order valence-corrected chi connectivity index (χ1v) is 6.24. The lowest BCUT2D eigenvalue weighted by atomic mass is 9.99. The molecular formula is C13H23N3. The molecule has 0 amide bonds. The lowest BCUT2D eigenvalue weighted by molar-refractivity contribution is 0.454. The van der Waals surface area contributed by atoms with Gasteiger partial charge in [-0.1, -0.05) is 33.6 Å². The van der Waals surface area contributed by atoms with E-state index in [1.165, 1.54) is 24.8 Å². The van der Waals surface area contributed by atoms with Crippen molar-refractivity contribution >= 4 is 0 Å². The van der Waals surface area contributed by atoms with Gasteiger partial charge in [0.05, 0.1) is 6.20 Å². The van der Waals surface area contributed by atoms with Crippen LogP contribution < -0.4 is 5.32 Å². The van der Waals surface area contributed by atoms with Gasteiger partial charge >= 0.3 is 0 Å². The van der Waals surface area contributed by atoms with Gasteiger partial charge in [-0.25, -0.2) is 0 Å². The van der Waals surface area contributed by atoms with Crippen LogP contribution in [0.5, 0.6) is 0 Å². The smallest absolute Gasteiger partial charge is 0.0544 e. The average molecular weight is 221 g/mol. The average Bonchev–Trinajstić information content (AvgIpc) is 2.29. The van der Waals surface area contributed by atoms with Crippen LogP contribution in [0.2, 0.25) is 0 Å². The molecule has 1 unspecified atom stereocenters. The Bertz CT molecular complexity index is 272. The molecular weight excluding hydrogens is 198 g/mol. The molecule has 1 heterocycles. The Kier molecular flexibility index (Phi) is 6.01. The van der Waals surface area contributed by atoms with Crippen molar-refractivity contribution in [3.05, 3.63) is 24.0 Å². The maximum absolute atomic E-state index is 3.94. The Morgan fingerprint density at radius 1 is 1.25 bits per heavy atom. The molecule has 3 nitrogen and oxygen atoms in total. The number of hydrogen-bond donors (Lipinski definition) is 1. The van der Waals surface area contributed by atoms with Crippen LogP contribution in [0.4, 0.5) is 0 Å². The highest BCUT2D eigenvalue weighted by molar-refractivity contribution is 5.11. The standard InChI is InChI=1S/C13H23N3/c1-4-14-13(7-5-6-11(2)3)12-8-9-15-16-10-12/h8-11,13-14H,4-7H2,1-3H3. The van der Waals surface area contributed by atoms with Crippen molar-refractivity contribution in [1.82, 2.24) is 15.5 Å². The van der Waals surface area contributed by atoms with E-state index in [1.54, 1.807) is 6.20 Å². The van der Waals surface area contributed by atoms with Gasteiger partial charge in [0.2, 0.25) is 0 Å². The van der Waals surface area contributed by atoms with Gasteiger partial charge in [0, 0.05) is 12.2 Å². The molecule has 0 aliphatic rings. The fourth-order valence-electron chi connectivity index (χ4n) is 1.87. The number of nitrogens with zero attached hydrogens (tertiary/aromatic N) is 2. The topological polar surface area (TPSA) is 37.8 Å². The van der Waals surface area contributed by atoms with E-state index >= 15 is 0 Å². The molecule has 0 saturated heterocycles. The van der Waals surface area contributed by atoms with Crippen molar-refractivity contribution in [3.8, 4) is 0 Å². The van der Waals surface area contributed by atoms with Crippen LogP contribution in [0.25, 0.3) is 0 Å². The molecule has 90 valence electrons. The minimum atomic E-state index is 0.430. The summed E-state index contributed by atoms with van der Waals surface area (Å²) in [5.74, 6) is 0.790. The van der Waals surface area contributed by atoms with Gasteiger partial charge in [0.1, 0.15) is 0 Å². The SMILES string of the molecule is CCNC(CCCC(C)C)c1ccnnc1. The molecule has 3 heteroatoms. The zero-order chi connectivity index (χ0) is 11.8. The fourth-order valence-corrected chi connectivity index (χ4v) is 1.87. The summed E-state index contributed by atoms with van der Waals surface area (Å²) in [6.45, 7) is 7.69. The van der Waals surface area contributed by atoms with Crippen molar-refractivity contribution in [2.75, 3.05) is 6.54 Å². The van der Waals surface area contributed by atoms with E-state index < -0.39 is 0 Å². The van der Waals surface area contributed by atoms with E-state index in [-0.39, 0.29) is 0 Å². The summed E-state index contributed by atoms with van der Waals surface area (Å²) in [5.41, 5.74) is 1.25. The second-order valence-corrected chi connectivity index (χ2v) is 4.61. The van der Waals surface area contributed by atoms with Gasteiger partial charge in [0.25, 0.3) is 0 Å². The predicted octanol–water partition coefficient (Wildman–Crippen LogP) is 2.95. The van der Waals surface area contributed by atoms with E-state index in [0.29, 0.717) is 6.04 Å². The summed E-state index contributed by atoms with van der Waals surface area (Å²) in [6.07, 6.45) is 7.36. The van der Waals surface area contributed by atoms with Crippen molar-refractivity contribution in [2.45, 2.75) is 46.1 Å². The predicted molar refractivity (Wildman–Crippen MR) is 67.1 cm³/mol. The fraction of sp³-hybridized carbons (Fsp3) is 0.692. The highest BCUT2D eigenvalue weighted by Gasteiger charge is 2.10. The molecule has 0 spiro atoms. The van der Waals surface area contributed by atoms with Crippen LogP contribution in [-0.2, 0) is 0 Å². The van der Waals surface area contributed by atoms with Crippen LogP contribution in [0.1, 0.15) is 51.6 Å². The molecule has 1 rings (SSSR count). The Labute approximate surface area is 98.7 Å². The molecule has 16 heavy (non-hydrogen) atoms. The van der Waals surface area contributed by atoms with Crippen molar-refractivity contribution < 1.29 is 0 Å². The number of aromatic nitrogens is 2. The highest BCUT2D eigenvalue weighted by atomic mass is 15.1. The summed E-state index contributed by atoms with van der Waals surface area (Å²) in [4.78, 5) is 0. The minimum absolute atomic E-state index is 0.430. The minimum Gasteiger partial charge on any atom is -0.310 e. The van der Waals surface area contributed by atoms with E-state index in [0.717, 1.165) is 12.5 Å². The van der Waals surface area contributed by atoms with Gasteiger partial charge in [0.15, 0.2) is 0 Å². The highest BCUT2D eigenvalue weighted by Crippen LogP contribution is 2.19. The first-order valence-electron chi connectivity index (χ1n) is 6.24. The summed E-state index contributed by atoms with van der Waals surface area (Å²) in [7, 11) is 0. The second kappa shape index (κ2) is 7.34. The Morgan fingerprint density at radius 3 is 2.62 bits per heavy atom. The molecule has 0 aliphatic carbocycles. The van der Waals surface area contributed by atoms with Crippen molar-refractivity contribution in [3.63, 3.8) is 0 Å². The summed E-state index contributed by atoms with van der Waals surface area (Å²) in [5, 5.41) is 11.3. The van der Waals surface area contributed by atoms with E-state index in [2.05, 4.69) is 42.4 Å². The summed E-state index contributed by atoms with van der Waals surface area (Å²) < 4.78 is 0. The van der Waals surface area contributed by atoms with Crippen molar-refractivity contribution in [1.29, 1.82) is 0 Å². The first-order chi connectivity index (χ1) is 7.74. The molecule has 0 radical (unpaired) electrons. The molecule has 1 N–H and O–H groups in total. The van der Waals surface area contributed by atoms with Gasteiger partial charge in [-0.15, -0.1) is 0 Å². The zero-order valence-electron chi connectivity index (χ0n) is 10.6. The molecule has 0 bridgehead atoms. The zero-order valence-corrected chi connectivity index (χ0v) is 10.6.